The van der Waals surface area contributed by atoms with Crippen molar-refractivity contribution < 1.29 is 23.1 Å². The molecule has 23 heavy (non-hydrogen) atoms. The van der Waals surface area contributed by atoms with Crippen LogP contribution in [-0.4, -0.2) is 28.8 Å². The van der Waals surface area contributed by atoms with Crippen LogP contribution in [0.25, 0.3) is 0 Å². The Morgan fingerprint density at radius 1 is 1.39 bits per heavy atom. The van der Waals surface area contributed by atoms with Crippen molar-refractivity contribution in [2.45, 2.75) is 38.0 Å². The highest BCUT2D eigenvalue weighted by molar-refractivity contribution is 5.89. The first kappa shape index (κ1) is 17.3. The number of aromatic nitrogens is 1. The van der Waals surface area contributed by atoms with Crippen LogP contribution < -0.4 is 16.2 Å². The standard InChI is InChI=1S/C14H18F3N3O3/c15-14(16,17)9-5-11(12(22)18-7-9)20-13(23)19-6-8-2-1-3-10(21)4-8/h5,7-8,10,21H,1-4,6H2,(H,18,22)(H2,19,20,23). The molecule has 2 unspecified atom stereocenters. The van der Waals surface area contributed by atoms with E-state index in [0.717, 1.165) is 19.3 Å². The molecule has 1 fully saturated rings. The van der Waals surface area contributed by atoms with Gasteiger partial charge in [0.2, 0.25) is 0 Å². The van der Waals surface area contributed by atoms with Gasteiger partial charge in [-0.05, 0) is 31.2 Å². The SMILES string of the molecule is O=C(NCC1CCCC(O)C1)Nc1cc(C(F)(F)F)c[nH]c1=O. The molecule has 0 radical (unpaired) electrons. The number of halogens is 3. The number of carbonyl (C=O) groups is 1. The molecule has 0 bridgehead atoms. The van der Waals surface area contributed by atoms with E-state index < -0.39 is 29.0 Å². The summed E-state index contributed by atoms with van der Waals surface area (Å²) in [5, 5.41) is 14.2. The molecule has 0 aromatic carbocycles. The zero-order valence-corrected chi connectivity index (χ0v) is 12.2. The van der Waals surface area contributed by atoms with Gasteiger partial charge in [-0.3, -0.25) is 4.79 Å². The number of pyridine rings is 1. The summed E-state index contributed by atoms with van der Waals surface area (Å²) in [6.45, 7) is 0.291. The largest absolute Gasteiger partial charge is 0.417 e. The fraction of sp³-hybridized carbons (Fsp3) is 0.571. The predicted octanol–water partition coefficient (Wildman–Crippen LogP) is 2.07. The molecule has 2 rings (SSSR count). The van der Waals surface area contributed by atoms with Gasteiger partial charge < -0.3 is 20.7 Å². The lowest BCUT2D eigenvalue weighted by atomic mass is 9.87. The lowest BCUT2D eigenvalue weighted by Gasteiger charge is -2.25. The zero-order chi connectivity index (χ0) is 17.0. The third-order valence-electron chi connectivity index (χ3n) is 3.79. The fourth-order valence-electron chi connectivity index (χ4n) is 2.59. The number of aliphatic hydroxyl groups excluding tert-OH is 1. The number of anilines is 1. The van der Waals surface area contributed by atoms with E-state index in [1.807, 2.05) is 4.98 Å². The van der Waals surface area contributed by atoms with Crippen LogP contribution in [0.4, 0.5) is 23.7 Å². The average Bonchev–Trinajstić information content (AvgIpc) is 2.46. The number of urea groups is 1. The quantitative estimate of drug-likeness (QED) is 0.682. The van der Waals surface area contributed by atoms with Crippen LogP contribution >= 0.6 is 0 Å². The van der Waals surface area contributed by atoms with Gasteiger partial charge in [0.15, 0.2) is 0 Å². The van der Waals surface area contributed by atoms with E-state index in [0.29, 0.717) is 25.2 Å². The number of amides is 2. The summed E-state index contributed by atoms with van der Waals surface area (Å²) in [7, 11) is 0. The van der Waals surface area contributed by atoms with Crippen LogP contribution in [0, 0.1) is 5.92 Å². The van der Waals surface area contributed by atoms with Gasteiger partial charge in [-0.2, -0.15) is 13.2 Å². The number of rotatable bonds is 3. The van der Waals surface area contributed by atoms with E-state index in [4.69, 9.17) is 0 Å². The number of hydrogen-bond donors (Lipinski definition) is 4. The Morgan fingerprint density at radius 3 is 2.78 bits per heavy atom. The first-order chi connectivity index (χ1) is 10.8. The summed E-state index contributed by atoms with van der Waals surface area (Å²) in [5.41, 5.74) is -2.34. The van der Waals surface area contributed by atoms with Crippen molar-refractivity contribution in [3.05, 3.63) is 28.2 Å². The van der Waals surface area contributed by atoms with E-state index in [-0.39, 0.29) is 12.0 Å². The molecular weight excluding hydrogens is 315 g/mol. The molecule has 1 saturated carbocycles. The van der Waals surface area contributed by atoms with Gasteiger partial charge >= 0.3 is 12.2 Å². The van der Waals surface area contributed by atoms with Gasteiger partial charge in [0.1, 0.15) is 5.69 Å². The van der Waals surface area contributed by atoms with Gasteiger partial charge in [0.25, 0.3) is 5.56 Å². The van der Waals surface area contributed by atoms with Gasteiger partial charge in [-0.15, -0.1) is 0 Å². The molecule has 2 amide bonds. The Labute approximate surface area is 130 Å². The summed E-state index contributed by atoms with van der Waals surface area (Å²) in [5.74, 6) is 0.115. The first-order valence-corrected chi connectivity index (χ1v) is 7.28. The van der Waals surface area contributed by atoms with Crippen molar-refractivity contribution in [1.29, 1.82) is 0 Å². The molecule has 1 aromatic heterocycles. The highest BCUT2D eigenvalue weighted by atomic mass is 19.4. The molecule has 1 aromatic rings. The van der Waals surface area contributed by atoms with Gasteiger partial charge in [0.05, 0.1) is 11.7 Å². The summed E-state index contributed by atoms with van der Waals surface area (Å²) in [4.78, 5) is 25.2. The van der Waals surface area contributed by atoms with Crippen LogP contribution in [0.2, 0.25) is 0 Å². The van der Waals surface area contributed by atoms with E-state index in [9.17, 15) is 27.9 Å². The molecule has 6 nitrogen and oxygen atoms in total. The maximum absolute atomic E-state index is 12.6. The minimum Gasteiger partial charge on any atom is -0.393 e. The topological polar surface area (TPSA) is 94.2 Å². The van der Waals surface area contributed by atoms with Crippen molar-refractivity contribution in [3.63, 3.8) is 0 Å². The minimum atomic E-state index is -4.62. The van der Waals surface area contributed by atoms with Crippen molar-refractivity contribution in [3.8, 4) is 0 Å². The van der Waals surface area contributed by atoms with E-state index in [1.165, 1.54) is 0 Å². The lowest BCUT2D eigenvalue weighted by molar-refractivity contribution is -0.137. The minimum absolute atomic E-state index is 0.115. The maximum atomic E-state index is 12.6. The molecule has 128 valence electrons. The summed E-state index contributed by atoms with van der Waals surface area (Å²) >= 11 is 0. The highest BCUT2D eigenvalue weighted by Gasteiger charge is 2.31. The number of carbonyl (C=O) groups excluding carboxylic acids is 1. The van der Waals surface area contributed by atoms with E-state index in [1.54, 1.807) is 0 Å². The van der Waals surface area contributed by atoms with Gasteiger partial charge in [-0.25, -0.2) is 4.79 Å². The summed E-state index contributed by atoms with van der Waals surface area (Å²) in [6, 6.07) is -0.169. The Bertz CT molecular complexity index is 615. The second-order valence-electron chi connectivity index (χ2n) is 5.65. The lowest BCUT2D eigenvalue weighted by Crippen LogP contribution is -2.36. The monoisotopic (exact) mass is 333 g/mol. The number of aromatic amines is 1. The molecule has 0 saturated heterocycles. The smallest absolute Gasteiger partial charge is 0.393 e. The molecule has 0 aliphatic heterocycles. The van der Waals surface area contributed by atoms with Crippen molar-refractivity contribution >= 4 is 11.7 Å². The third kappa shape index (κ3) is 4.98. The zero-order valence-electron chi connectivity index (χ0n) is 12.2. The van der Waals surface area contributed by atoms with Crippen molar-refractivity contribution in [2.24, 2.45) is 5.92 Å². The Kier molecular flexibility index (Phi) is 5.30. The first-order valence-electron chi connectivity index (χ1n) is 7.28. The van der Waals surface area contributed by atoms with Crippen LogP contribution in [0.5, 0.6) is 0 Å². The molecule has 0 spiro atoms. The predicted molar refractivity (Wildman–Crippen MR) is 77.1 cm³/mol. The molecule has 9 heteroatoms. The Hall–Kier alpha value is -2.03. The Morgan fingerprint density at radius 2 is 2.13 bits per heavy atom. The van der Waals surface area contributed by atoms with Crippen molar-refractivity contribution in [2.75, 3.05) is 11.9 Å². The molecule has 1 aliphatic carbocycles. The molecule has 2 atom stereocenters. The maximum Gasteiger partial charge on any atom is 0.417 e. The van der Waals surface area contributed by atoms with Crippen LogP contribution in [0.1, 0.15) is 31.2 Å². The molecular formula is C14H18F3N3O3. The number of alkyl halides is 3. The normalized spacial score (nSPS) is 21.7. The molecule has 1 heterocycles. The van der Waals surface area contributed by atoms with Gasteiger partial charge in [0, 0.05) is 12.7 Å². The van der Waals surface area contributed by atoms with Crippen molar-refractivity contribution in [1.82, 2.24) is 10.3 Å². The third-order valence-corrected chi connectivity index (χ3v) is 3.79. The van der Waals surface area contributed by atoms with Crippen LogP contribution in [0.15, 0.2) is 17.1 Å². The Balaban J connectivity index is 1.93. The van der Waals surface area contributed by atoms with Gasteiger partial charge in [-0.1, -0.05) is 6.42 Å². The second-order valence-corrected chi connectivity index (χ2v) is 5.65. The second kappa shape index (κ2) is 7.03. The number of hydrogen-bond acceptors (Lipinski definition) is 3. The fourth-order valence-corrected chi connectivity index (χ4v) is 2.59. The van der Waals surface area contributed by atoms with E-state index >= 15 is 0 Å². The average molecular weight is 333 g/mol. The number of aliphatic hydroxyl groups is 1. The number of H-pyrrole nitrogens is 1. The molecule has 4 N–H and O–H groups in total. The highest BCUT2D eigenvalue weighted by Crippen LogP contribution is 2.29. The van der Waals surface area contributed by atoms with Crippen LogP contribution in [0.3, 0.4) is 0 Å². The summed E-state index contributed by atoms with van der Waals surface area (Å²) in [6.07, 6.45) is -1.41. The number of nitrogens with one attached hydrogen (secondary N) is 3. The summed E-state index contributed by atoms with van der Waals surface area (Å²) < 4.78 is 37.8. The van der Waals surface area contributed by atoms with Crippen LogP contribution in [-0.2, 0) is 6.18 Å². The molecule has 1 aliphatic rings. The van der Waals surface area contributed by atoms with E-state index in [2.05, 4.69) is 10.6 Å².